The molecule has 48 heavy (non-hydrogen) atoms. The molecule has 0 rings (SSSR count). The number of unbranched alkanes of at least 4 members (excludes halogenated alkanes) is 2. The van der Waals surface area contributed by atoms with E-state index in [1.807, 2.05) is 0 Å². The maximum Gasteiger partial charge on any atom is 0.293 e. The molecule has 2 nitrogen and oxygen atoms in total. The Morgan fingerprint density at radius 1 is 0.354 bits per heavy atom. The number of ether oxygens (including phenoxy) is 1. The Kier molecular flexibility index (Phi) is 38.2. The van der Waals surface area contributed by atoms with Crippen LogP contribution in [0.2, 0.25) is 0 Å². The minimum absolute atomic E-state index is 0.0289. The summed E-state index contributed by atoms with van der Waals surface area (Å²) in [4.78, 5) is 10.9. The molecule has 0 bridgehead atoms. The fourth-order valence-corrected chi connectivity index (χ4v) is 4.56. The maximum atomic E-state index is 10.9. The third kappa shape index (κ3) is 38.5. The van der Waals surface area contributed by atoms with Crippen molar-refractivity contribution in [1.82, 2.24) is 0 Å². The summed E-state index contributed by atoms with van der Waals surface area (Å²) in [5, 5.41) is 0. The van der Waals surface area contributed by atoms with E-state index in [2.05, 4.69) is 160 Å². The topological polar surface area (TPSA) is 26.3 Å². The van der Waals surface area contributed by atoms with Crippen LogP contribution in [0.5, 0.6) is 0 Å². The summed E-state index contributed by atoms with van der Waals surface area (Å²) in [7, 11) is 0. The Hall–Kier alpha value is -3.65. The highest BCUT2D eigenvalue weighted by Crippen LogP contribution is 2.13. The van der Waals surface area contributed by atoms with Crippen LogP contribution in [0.3, 0.4) is 0 Å². The highest BCUT2D eigenvalue weighted by atomic mass is 16.5. The minimum Gasteiger partial charge on any atom is -0.465 e. The normalized spacial score (nSPS) is 14.1. The Morgan fingerprint density at radius 2 is 0.583 bits per heavy atom. The first kappa shape index (κ1) is 44.4. The second-order valence-electron chi connectivity index (χ2n) is 11.5. The van der Waals surface area contributed by atoms with Crippen molar-refractivity contribution < 1.29 is 9.53 Å². The number of allylic oxidation sites excluding steroid dienone is 24. The number of carbonyl (C=O) groups is 1. The van der Waals surface area contributed by atoms with Gasteiger partial charge in [-0.05, 0) is 116 Å². The van der Waals surface area contributed by atoms with E-state index < -0.39 is 0 Å². The van der Waals surface area contributed by atoms with Crippen LogP contribution in [-0.2, 0) is 9.53 Å². The molecule has 0 aromatic heterocycles. The molecule has 0 aliphatic rings. The maximum absolute atomic E-state index is 10.9. The van der Waals surface area contributed by atoms with Crippen LogP contribution < -0.4 is 0 Å². The molecule has 0 saturated heterocycles. The van der Waals surface area contributed by atoms with Crippen molar-refractivity contribution in [3.63, 3.8) is 0 Å². The Bertz CT molecular complexity index is 972. The second-order valence-corrected chi connectivity index (χ2v) is 11.5. The molecule has 0 atom stereocenters. The first-order chi connectivity index (χ1) is 23.8. The van der Waals surface area contributed by atoms with Crippen molar-refractivity contribution in [3.8, 4) is 0 Å². The molecular formula is C46H68O2. The zero-order valence-corrected chi connectivity index (χ0v) is 30.6. The first-order valence-corrected chi connectivity index (χ1v) is 18.7. The van der Waals surface area contributed by atoms with E-state index in [0.29, 0.717) is 6.47 Å². The molecule has 0 fully saturated rings. The molecule has 0 spiro atoms. The van der Waals surface area contributed by atoms with E-state index >= 15 is 0 Å². The van der Waals surface area contributed by atoms with Crippen molar-refractivity contribution in [3.05, 3.63) is 146 Å². The van der Waals surface area contributed by atoms with E-state index in [1.54, 1.807) is 0 Å². The molecule has 2 heteroatoms. The predicted octanol–water partition coefficient (Wildman–Crippen LogP) is 14.3. The second kappa shape index (κ2) is 41.4. The van der Waals surface area contributed by atoms with Gasteiger partial charge in [0.1, 0.15) is 6.10 Å². The molecule has 0 aromatic carbocycles. The van der Waals surface area contributed by atoms with Gasteiger partial charge >= 0.3 is 0 Å². The number of hydrogen-bond donors (Lipinski definition) is 0. The van der Waals surface area contributed by atoms with Gasteiger partial charge in [-0.25, -0.2) is 0 Å². The molecule has 0 N–H and O–H groups in total. The van der Waals surface area contributed by atoms with Gasteiger partial charge in [-0.1, -0.05) is 160 Å². The quantitative estimate of drug-likeness (QED) is 0.0411. The number of rotatable bonds is 32. The van der Waals surface area contributed by atoms with E-state index in [0.717, 1.165) is 116 Å². The zero-order valence-electron chi connectivity index (χ0n) is 30.6. The van der Waals surface area contributed by atoms with E-state index in [-0.39, 0.29) is 6.10 Å². The van der Waals surface area contributed by atoms with Crippen molar-refractivity contribution in [2.45, 2.75) is 136 Å². The molecule has 0 aliphatic carbocycles. The predicted molar refractivity (Wildman–Crippen MR) is 215 cm³/mol. The van der Waals surface area contributed by atoms with Crippen molar-refractivity contribution >= 4 is 6.47 Å². The van der Waals surface area contributed by atoms with Gasteiger partial charge in [0.2, 0.25) is 0 Å². The summed E-state index contributed by atoms with van der Waals surface area (Å²) in [5.41, 5.74) is 0. The summed E-state index contributed by atoms with van der Waals surface area (Å²) in [6.45, 7) is 4.93. The number of carbonyl (C=O) groups excluding carboxylic acids is 1. The van der Waals surface area contributed by atoms with Gasteiger partial charge in [-0.2, -0.15) is 0 Å². The van der Waals surface area contributed by atoms with E-state index in [1.165, 1.54) is 0 Å². The smallest absolute Gasteiger partial charge is 0.293 e. The third-order valence-electron chi connectivity index (χ3n) is 7.23. The molecular weight excluding hydrogens is 585 g/mol. The fourth-order valence-electron chi connectivity index (χ4n) is 4.56. The summed E-state index contributed by atoms with van der Waals surface area (Å²) in [5.74, 6) is 0. The lowest BCUT2D eigenvalue weighted by Crippen LogP contribution is -2.11. The van der Waals surface area contributed by atoms with Gasteiger partial charge in [0.05, 0.1) is 0 Å². The molecule has 0 unspecified atom stereocenters. The van der Waals surface area contributed by atoms with Crippen LogP contribution >= 0.6 is 0 Å². The average Bonchev–Trinajstić information content (AvgIpc) is 3.09. The van der Waals surface area contributed by atoms with Gasteiger partial charge in [-0.3, -0.25) is 4.79 Å². The average molecular weight is 653 g/mol. The van der Waals surface area contributed by atoms with Crippen LogP contribution in [0.25, 0.3) is 0 Å². The summed E-state index contributed by atoms with van der Waals surface area (Å²) < 4.78 is 5.34. The van der Waals surface area contributed by atoms with Crippen molar-refractivity contribution in [1.29, 1.82) is 0 Å². The Labute approximate surface area is 296 Å². The molecule has 0 heterocycles. The zero-order chi connectivity index (χ0) is 34.7. The van der Waals surface area contributed by atoms with Crippen LogP contribution in [-0.4, -0.2) is 12.6 Å². The molecule has 0 radical (unpaired) electrons. The van der Waals surface area contributed by atoms with E-state index in [4.69, 9.17) is 4.74 Å². The van der Waals surface area contributed by atoms with Crippen molar-refractivity contribution in [2.24, 2.45) is 0 Å². The molecule has 0 saturated carbocycles. The SMILES string of the molecule is CCC=CCC=CCC=CCC=CCC=CCC=CCCCC(CCCC=CCC=CCC=CCC=CCC=CCC=CCC)OC=O. The lowest BCUT2D eigenvalue weighted by atomic mass is 10.1. The van der Waals surface area contributed by atoms with Gasteiger partial charge in [0.15, 0.2) is 0 Å². The summed E-state index contributed by atoms with van der Waals surface area (Å²) >= 11 is 0. The monoisotopic (exact) mass is 653 g/mol. The summed E-state index contributed by atoms with van der Waals surface area (Å²) in [6, 6.07) is 0. The molecule has 264 valence electrons. The highest BCUT2D eigenvalue weighted by Gasteiger charge is 2.07. The van der Waals surface area contributed by atoms with Gasteiger partial charge < -0.3 is 4.74 Å². The van der Waals surface area contributed by atoms with Crippen LogP contribution in [0.4, 0.5) is 0 Å². The fraction of sp³-hybridized carbons (Fsp3) is 0.457. The third-order valence-corrected chi connectivity index (χ3v) is 7.23. The summed E-state index contributed by atoms with van der Waals surface area (Å²) in [6.07, 6.45) is 71.6. The Morgan fingerprint density at radius 3 is 0.812 bits per heavy atom. The minimum atomic E-state index is 0.0289. The molecule has 0 aliphatic heterocycles. The Balaban J connectivity index is 3.81. The molecule has 0 aromatic rings. The van der Waals surface area contributed by atoms with E-state index in [9.17, 15) is 4.79 Å². The molecule has 0 amide bonds. The van der Waals surface area contributed by atoms with Gasteiger partial charge in [0.25, 0.3) is 6.47 Å². The standard InChI is InChI=1S/C46H68O2/c1-3-5-7-9-11-13-15-17-19-21-23-25-27-29-31-33-35-37-39-41-43-46(48-45-47)44-42-40-38-36-34-32-30-28-26-24-22-20-18-16-14-12-10-8-6-4-2/h5-8,11-14,17-20,23-26,29-32,35-38,45-46H,3-4,9-10,15-16,21-22,27-28,33-34,39-44H2,1-2H3. The first-order valence-electron chi connectivity index (χ1n) is 18.7. The van der Waals surface area contributed by atoms with Crippen molar-refractivity contribution in [2.75, 3.05) is 0 Å². The van der Waals surface area contributed by atoms with Crippen LogP contribution in [0.15, 0.2) is 146 Å². The van der Waals surface area contributed by atoms with Gasteiger partial charge in [-0.15, -0.1) is 0 Å². The van der Waals surface area contributed by atoms with Crippen LogP contribution in [0, 0.1) is 0 Å². The van der Waals surface area contributed by atoms with Crippen LogP contribution in [0.1, 0.15) is 129 Å². The lowest BCUT2D eigenvalue weighted by Gasteiger charge is -2.13. The largest absolute Gasteiger partial charge is 0.465 e. The van der Waals surface area contributed by atoms with Gasteiger partial charge in [0, 0.05) is 0 Å². The lowest BCUT2D eigenvalue weighted by molar-refractivity contribution is -0.134. The highest BCUT2D eigenvalue weighted by molar-refractivity contribution is 5.37. The number of hydrogen-bond acceptors (Lipinski definition) is 2.